The lowest BCUT2D eigenvalue weighted by Crippen LogP contribution is -2.49. The highest BCUT2D eigenvalue weighted by atomic mass is 35.5. The molecule has 1 aliphatic rings. The van der Waals surface area contributed by atoms with Gasteiger partial charge in [0, 0.05) is 50.4 Å². The maximum atomic E-state index is 13.1. The van der Waals surface area contributed by atoms with E-state index < -0.39 is 0 Å². The van der Waals surface area contributed by atoms with Crippen LogP contribution >= 0.6 is 11.6 Å². The summed E-state index contributed by atoms with van der Waals surface area (Å²) in [7, 11) is 3.25. The maximum absolute atomic E-state index is 13.1. The van der Waals surface area contributed by atoms with E-state index in [1.54, 1.807) is 38.5 Å². The van der Waals surface area contributed by atoms with Crippen LogP contribution in [0.1, 0.15) is 15.9 Å². The van der Waals surface area contributed by atoms with Crippen LogP contribution in [0.3, 0.4) is 0 Å². The second kappa shape index (κ2) is 11.3. The minimum atomic E-state index is -0.0508. The van der Waals surface area contributed by atoms with E-state index in [-0.39, 0.29) is 12.0 Å². The summed E-state index contributed by atoms with van der Waals surface area (Å²) in [5.41, 5.74) is 1.84. The van der Waals surface area contributed by atoms with E-state index in [1.165, 1.54) is 5.56 Å². The molecule has 0 radical (unpaired) electrons. The second-order valence-corrected chi connectivity index (χ2v) is 7.76. The number of methoxy groups -OCH3 is 2. The predicted molar refractivity (Wildman–Crippen MR) is 117 cm³/mol. The fraction of sp³-hybridized carbons (Fsp3) is 0.435. The number of carbonyl (C=O) groups excluding carboxylic acids is 1. The van der Waals surface area contributed by atoms with Gasteiger partial charge >= 0.3 is 0 Å². The van der Waals surface area contributed by atoms with E-state index in [9.17, 15) is 4.79 Å². The second-order valence-electron chi connectivity index (χ2n) is 7.33. The highest BCUT2D eigenvalue weighted by molar-refractivity contribution is 6.30. The van der Waals surface area contributed by atoms with Gasteiger partial charge in [0.2, 0.25) is 0 Å². The zero-order chi connectivity index (χ0) is 21.3. The van der Waals surface area contributed by atoms with Gasteiger partial charge in [0.15, 0.2) is 0 Å². The molecule has 1 heterocycles. The summed E-state index contributed by atoms with van der Waals surface area (Å²) in [6.45, 7) is 4.62. The Morgan fingerprint density at radius 2 is 1.90 bits per heavy atom. The molecule has 0 N–H and O–H groups in total. The highest BCUT2D eigenvalue weighted by Gasteiger charge is 2.25. The van der Waals surface area contributed by atoms with Crippen molar-refractivity contribution in [2.24, 2.45) is 0 Å². The standard InChI is InChI=1S/C23H29ClN2O4/c1-28-13-12-26(23(27)19-5-9-21(29-2)10-6-19)17-22-16-25(11-14-30-22)15-18-3-7-20(24)8-4-18/h3-10,22H,11-17H2,1-2H3. The maximum Gasteiger partial charge on any atom is 0.254 e. The molecule has 1 atom stereocenters. The van der Waals surface area contributed by atoms with E-state index in [2.05, 4.69) is 4.90 Å². The minimum Gasteiger partial charge on any atom is -0.497 e. The van der Waals surface area contributed by atoms with Crippen LogP contribution in [-0.4, -0.2) is 75.4 Å². The van der Waals surface area contributed by atoms with Crippen LogP contribution in [0.25, 0.3) is 0 Å². The van der Waals surface area contributed by atoms with Crippen LogP contribution in [-0.2, 0) is 16.0 Å². The number of hydrogen-bond donors (Lipinski definition) is 0. The number of benzene rings is 2. The van der Waals surface area contributed by atoms with E-state index in [0.29, 0.717) is 31.9 Å². The smallest absolute Gasteiger partial charge is 0.254 e. The van der Waals surface area contributed by atoms with Gasteiger partial charge in [-0.15, -0.1) is 0 Å². The first kappa shape index (κ1) is 22.6. The molecule has 0 saturated carbocycles. The first-order chi connectivity index (χ1) is 14.6. The Kier molecular flexibility index (Phi) is 8.51. The average Bonchev–Trinajstić information content (AvgIpc) is 2.78. The zero-order valence-corrected chi connectivity index (χ0v) is 18.3. The Morgan fingerprint density at radius 1 is 1.17 bits per heavy atom. The molecule has 30 heavy (non-hydrogen) atoms. The third-order valence-electron chi connectivity index (χ3n) is 5.16. The fourth-order valence-corrected chi connectivity index (χ4v) is 3.65. The quantitative estimate of drug-likeness (QED) is 0.608. The molecule has 1 aliphatic heterocycles. The Balaban J connectivity index is 1.62. The van der Waals surface area contributed by atoms with Gasteiger partial charge in [-0.3, -0.25) is 9.69 Å². The lowest BCUT2D eigenvalue weighted by atomic mass is 10.1. The molecule has 1 fully saturated rings. The minimum absolute atomic E-state index is 0.0341. The molecule has 0 spiro atoms. The van der Waals surface area contributed by atoms with Crippen LogP contribution in [0.4, 0.5) is 0 Å². The largest absolute Gasteiger partial charge is 0.497 e. The fourth-order valence-electron chi connectivity index (χ4n) is 3.52. The zero-order valence-electron chi connectivity index (χ0n) is 17.6. The van der Waals surface area contributed by atoms with Gasteiger partial charge in [-0.1, -0.05) is 23.7 Å². The molecule has 1 amide bonds. The topological polar surface area (TPSA) is 51.2 Å². The third-order valence-corrected chi connectivity index (χ3v) is 5.41. The average molecular weight is 433 g/mol. The number of morpholine rings is 1. The summed E-state index contributed by atoms with van der Waals surface area (Å²) in [4.78, 5) is 17.2. The Morgan fingerprint density at radius 3 is 2.57 bits per heavy atom. The molecule has 2 aromatic carbocycles. The van der Waals surface area contributed by atoms with Gasteiger partial charge in [0.05, 0.1) is 26.4 Å². The molecule has 6 nitrogen and oxygen atoms in total. The molecule has 3 rings (SSSR count). The van der Waals surface area contributed by atoms with Crippen molar-refractivity contribution in [2.45, 2.75) is 12.6 Å². The summed E-state index contributed by atoms with van der Waals surface area (Å²) in [5, 5.41) is 0.740. The van der Waals surface area contributed by atoms with Crippen molar-refractivity contribution in [2.75, 3.05) is 53.6 Å². The van der Waals surface area contributed by atoms with Crippen molar-refractivity contribution >= 4 is 17.5 Å². The van der Waals surface area contributed by atoms with Crippen molar-refractivity contribution in [3.05, 3.63) is 64.7 Å². The van der Waals surface area contributed by atoms with Crippen LogP contribution in [0.2, 0.25) is 5.02 Å². The number of ether oxygens (including phenoxy) is 3. The first-order valence-electron chi connectivity index (χ1n) is 10.1. The summed E-state index contributed by atoms with van der Waals surface area (Å²) in [5.74, 6) is 0.691. The van der Waals surface area contributed by atoms with Crippen molar-refractivity contribution in [1.29, 1.82) is 0 Å². The van der Waals surface area contributed by atoms with Gasteiger partial charge < -0.3 is 19.1 Å². The van der Waals surface area contributed by atoms with Gasteiger partial charge in [0.1, 0.15) is 5.75 Å². The number of carbonyl (C=O) groups is 1. The number of hydrogen-bond acceptors (Lipinski definition) is 5. The SMILES string of the molecule is COCCN(CC1CN(Cc2ccc(Cl)cc2)CCO1)C(=O)c1ccc(OC)cc1. The molecule has 7 heteroatoms. The van der Waals surface area contributed by atoms with Gasteiger partial charge in [-0.25, -0.2) is 0 Å². The van der Waals surface area contributed by atoms with Crippen molar-refractivity contribution in [3.8, 4) is 5.75 Å². The normalized spacial score (nSPS) is 17.0. The lowest BCUT2D eigenvalue weighted by molar-refractivity contribution is -0.0444. The summed E-state index contributed by atoms with van der Waals surface area (Å²) >= 11 is 5.99. The molecule has 162 valence electrons. The molecular weight excluding hydrogens is 404 g/mol. The highest BCUT2D eigenvalue weighted by Crippen LogP contribution is 2.17. The molecule has 0 aliphatic carbocycles. The van der Waals surface area contributed by atoms with E-state index >= 15 is 0 Å². The number of rotatable bonds is 9. The Hall–Kier alpha value is -2.12. The molecule has 1 unspecified atom stereocenters. The summed E-state index contributed by atoms with van der Waals surface area (Å²) in [6, 6.07) is 15.1. The van der Waals surface area contributed by atoms with Crippen molar-refractivity contribution < 1.29 is 19.0 Å². The number of amides is 1. The van der Waals surface area contributed by atoms with E-state index in [0.717, 1.165) is 30.4 Å². The molecule has 1 saturated heterocycles. The number of nitrogens with zero attached hydrogens (tertiary/aromatic N) is 2. The van der Waals surface area contributed by atoms with Crippen LogP contribution in [0.5, 0.6) is 5.75 Å². The van der Waals surface area contributed by atoms with Gasteiger partial charge in [0.25, 0.3) is 5.91 Å². The lowest BCUT2D eigenvalue weighted by Gasteiger charge is -2.36. The Labute approximate surface area is 183 Å². The van der Waals surface area contributed by atoms with Gasteiger partial charge in [-0.05, 0) is 42.0 Å². The molecular formula is C23H29ClN2O4. The van der Waals surface area contributed by atoms with E-state index in [4.69, 9.17) is 25.8 Å². The summed E-state index contributed by atoms with van der Waals surface area (Å²) < 4.78 is 16.4. The monoisotopic (exact) mass is 432 g/mol. The first-order valence-corrected chi connectivity index (χ1v) is 10.5. The van der Waals surface area contributed by atoms with Crippen LogP contribution in [0.15, 0.2) is 48.5 Å². The molecule has 2 aromatic rings. The van der Waals surface area contributed by atoms with Gasteiger partial charge in [-0.2, -0.15) is 0 Å². The van der Waals surface area contributed by atoms with Crippen LogP contribution in [0, 0.1) is 0 Å². The van der Waals surface area contributed by atoms with Crippen LogP contribution < -0.4 is 4.74 Å². The molecule has 0 aromatic heterocycles. The summed E-state index contributed by atoms with van der Waals surface area (Å²) in [6.07, 6.45) is -0.0508. The third kappa shape index (κ3) is 6.44. The Bertz CT molecular complexity index is 798. The molecule has 0 bridgehead atoms. The number of halogens is 1. The predicted octanol–water partition coefficient (Wildman–Crippen LogP) is 3.34. The van der Waals surface area contributed by atoms with Crippen molar-refractivity contribution in [3.63, 3.8) is 0 Å². The van der Waals surface area contributed by atoms with Crippen molar-refractivity contribution in [1.82, 2.24) is 9.80 Å². The van der Waals surface area contributed by atoms with E-state index in [1.807, 2.05) is 29.2 Å².